The van der Waals surface area contributed by atoms with Crippen LogP contribution < -0.4 is 10.9 Å². The second-order valence-electron chi connectivity index (χ2n) is 5.32. The molecule has 1 heterocycles. The van der Waals surface area contributed by atoms with Crippen molar-refractivity contribution in [3.8, 4) is 11.4 Å². The first-order valence-electron chi connectivity index (χ1n) is 7.30. The fourth-order valence-corrected chi connectivity index (χ4v) is 2.63. The fraction of sp³-hybridized carbons (Fsp3) is 0.111. The molecule has 0 saturated carbocycles. The Balaban J connectivity index is 2.33. The van der Waals surface area contributed by atoms with Gasteiger partial charge in [0.05, 0.1) is 17.1 Å². The van der Waals surface area contributed by atoms with Gasteiger partial charge in [-0.05, 0) is 38.1 Å². The van der Waals surface area contributed by atoms with Gasteiger partial charge in [0.25, 0.3) is 5.56 Å². The average Bonchev–Trinajstić information content (AvgIpc) is 2.81. The van der Waals surface area contributed by atoms with Crippen molar-refractivity contribution in [2.75, 3.05) is 5.32 Å². The molecule has 1 N–H and O–H groups in total. The zero-order valence-electron chi connectivity index (χ0n) is 13.0. The van der Waals surface area contributed by atoms with Crippen LogP contribution in [-0.4, -0.2) is 15.8 Å². The van der Waals surface area contributed by atoms with Crippen LogP contribution in [0.4, 0.5) is 5.69 Å². The van der Waals surface area contributed by atoms with Gasteiger partial charge in [0.2, 0.25) is 6.41 Å². The van der Waals surface area contributed by atoms with E-state index >= 15 is 0 Å². The summed E-state index contributed by atoms with van der Waals surface area (Å²) in [5.74, 6) is 0. The van der Waals surface area contributed by atoms with Crippen LogP contribution in [0.15, 0.2) is 59.4 Å². The highest BCUT2D eigenvalue weighted by atomic mass is 16.1. The minimum atomic E-state index is -0.262. The van der Waals surface area contributed by atoms with Crippen molar-refractivity contribution in [3.05, 3.63) is 76.2 Å². The van der Waals surface area contributed by atoms with Crippen molar-refractivity contribution in [3.63, 3.8) is 0 Å². The predicted molar refractivity (Wildman–Crippen MR) is 90.5 cm³/mol. The number of benzene rings is 2. The van der Waals surface area contributed by atoms with E-state index in [1.165, 1.54) is 0 Å². The van der Waals surface area contributed by atoms with E-state index in [0.29, 0.717) is 12.1 Å². The molecule has 3 aromatic rings. The van der Waals surface area contributed by atoms with E-state index in [-0.39, 0.29) is 11.2 Å². The Bertz CT molecular complexity index is 891. The Labute approximate surface area is 133 Å². The molecule has 3 rings (SSSR count). The zero-order chi connectivity index (χ0) is 16.4. The van der Waals surface area contributed by atoms with Crippen LogP contribution in [0.1, 0.15) is 11.3 Å². The highest BCUT2D eigenvalue weighted by Gasteiger charge is 2.18. The highest BCUT2D eigenvalue weighted by Crippen LogP contribution is 2.20. The van der Waals surface area contributed by atoms with Gasteiger partial charge in [-0.25, -0.2) is 9.36 Å². The molecule has 0 aliphatic rings. The number of hydrogen-bond donors (Lipinski definition) is 1. The summed E-state index contributed by atoms with van der Waals surface area (Å²) in [5.41, 5.74) is 3.40. The van der Waals surface area contributed by atoms with Crippen LogP contribution in [0.25, 0.3) is 11.4 Å². The maximum Gasteiger partial charge on any atom is 0.295 e. The molecule has 1 amide bonds. The van der Waals surface area contributed by atoms with Crippen molar-refractivity contribution in [1.29, 1.82) is 0 Å². The highest BCUT2D eigenvalue weighted by molar-refractivity contribution is 5.73. The zero-order valence-corrected chi connectivity index (χ0v) is 13.0. The summed E-state index contributed by atoms with van der Waals surface area (Å²) >= 11 is 0. The van der Waals surface area contributed by atoms with Gasteiger partial charge >= 0.3 is 0 Å². The number of amides is 1. The smallest absolute Gasteiger partial charge is 0.295 e. The van der Waals surface area contributed by atoms with Crippen molar-refractivity contribution in [1.82, 2.24) is 9.36 Å². The summed E-state index contributed by atoms with van der Waals surface area (Å²) in [6.45, 7) is 3.80. The number of para-hydroxylation sites is 1. The van der Waals surface area contributed by atoms with Gasteiger partial charge in [-0.1, -0.05) is 35.9 Å². The van der Waals surface area contributed by atoms with Gasteiger partial charge in [0.15, 0.2) is 0 Å². The van der Waals surface area contributed by atoms with E-state index in [2.05, 4.69) is 5.32 Å². The van der Waals surface area contributed by atoms with E-state index in [4.69, 9.17) is 0 Å². The Hall–Kier alpha value is -3.08. The lowest BCUT2D eigenvalue weighted by Gasteiger charge is -2.13. The van der Waals surface area contributed by atoms with Gasteiger partial charge in [-0.2, -0.15) is 0 Å². The summed E-state index contributed by atoms with van der Waals surface area (Å²) < 4.78 is 3.37. The minimum Gasteiger partial charge on any atom is -0.323 e. The number of aromatic nitrogens is 2. The monoisotopic (exact) mass is 307 g/mol. The molecular weight excluding hydrogens is 290 g/mol. The number of carbonyl (C=O) groups is 1. The van der Waals surface area contributed by atoms with E-state index in [1.807, 2.05) is 68.4 Å². The predicted octanol–water partition coefficient (Wildman–Crippen LogP) is 2.81. The lowest BCUT2D eigenvalue weighted by Crippen LogP contribution is -2.21. The van der Waals surface area contributed by atoms with Crippen LogP contribution in [-0.2, 0) is 4.79 Å². The number of nitrogens with zero attached hydrogens (tertiary/aromatic N) is 2. The first-order chi connectivity index (χ1) is 11.1. The normalized spacial score (nSPS) is 10.5. The molecule has 23 heavy (non-hydrogen) atoms. The SMILES string of the molecule is Cc1ccc(-n2c(=O)c(NC=O)c(C)n2-c2ccccc2)cc1. The van der Waals surface area contributed by atoms with Crippen molar-refractivity contribution < 1.29 is 4.79 Å². The lowest BCUT2D eigenvalue weighted by atomic mass is 10.2. The molecule has 0 unspecified atom stereocenters. The summed E-state index contributed by atoms with van der Waals surface area (Å²) in [7, 11) is 0. The van der Waals surface area contributed by atoms with Crippen molar-refractivity contribution in [2.45, 2.75) is 13.8 Å². The molecule has 1 aromatic heterocycles. The first-order valence-corrected chi connectivity index (χ1v) is 7.30. The second-order valence-corrected chi connectivity index (χ2v) is 5.32. The summed E-state index contributed by atoms with van der Waals surface area (Å²) in [6.07, 6.45) is 0.526. The molecule has 116 valence electrons. The average molecular weight is 307 g/mol. The number of aryl methyl sites for hydroxylation is 1. The molecule has 0 atom stereocenters. The Morgan fingerprint density at radius 1 is 0.870 bits per heavy atom. The number of rotatable bonds is 4. The quantitative estimate of drug-likeness (QED) is 0.754. The van der Waals surface area contributed by atoms with Crippen LogP contribution >= 0.6 is 0 Å². The second kappa shape index (κ2) is 5.96. The molecule has 5 heteroatoms. The Morgan fingerprint density at radius 2 is 1.48 bits per heavy atom. The summed E-state index contributed by atoms with van der Waals surface area (Å²) in [5, 5.41) is 2.52. The third-order valence-corrected chi connectivity index (χ3v) is 3.77. The minimum absolute atomic E-state index is 0.262. The van der Waals surface area contributed by atoms with Gasteiger partial charge in [-0.3, -0.25) is 9.59 Å². The largest absolute Gasteiger partial charge is 0.323 e. The Kier molecular flexibility index (Phi) is 3.85. The molecule has 0 spiro atoms. The number of nitrogens with one attached hydrogen (secondary N) is 1. The maximum absolute atomic E-state index is 12.8. The number of anilines is 1. The van der Waals surface area contributed by atoms with Crippen molar-refractivity contribution in [2.24, 2.45) is 0 Å². The standard InChI is InChI=1S/C18H17N3O2/c1-13-8-10-16(11-9-13)21-18(23)17(19-12-22)14(2)20(21)15-6-4-3-5-7-15/h3-12H,1-2H3,(H,19,22). The molecule has 0 aliphatic heterocycles. The van der Waals surface area contributed by atoms with Crippen LogP contribution in [0.3, 0.4) is 0 Å². The van der Waals surface area contributed by atoms with E-state index < -0.39 is 0 Å². The third-order valence-electron chi connectivity index (χ3n) is 3.77. The lowest BCUT2D eigenvalue weighted by molar-refractivity contribution is -0.105. The van der Waals surface area contributed by atoms with Crippen molar-refractivity contribution >= 4 is 12.1 Å². The molecule has 5 nitrogen and oxygen atoms in total. The third kappa shape index (κ3) is 2.57. The van der Waals surface area contributed by atoms with Gasteiger partial charge in [-0.15, -0.1) is 0 Å². The van der Waals surface area contributed by atoms with E-state index in [0.717, 1.165) is 16.9 Å². The summed E-state index contributed by atoms with van der Waals surface area (Å²) in [6, 6.07) is 17.3. The van der Waals surface area contributed by atoms with Crippen LogP contribution in [0.2, 0.25) is 0 Å². The molecular formula is C18H17N3O2. The molecule has 0 aliphatic carbocycles. The molecule has 0 saturated heterocycles. The molecule has 2 aromatic carbocycles. The topological polar surface area (TPSA) is 56.0 Å². The molecule has 0 bridgehead atoms. The molecule has 0 radical (unpaired) electrons. The van der Waals surface area contributed by atoms with Crippen LogP contribution in [0.5, 0.6) is 0 Å². The fourth-order valence-electron chi connectivity index (χ4n) is 2.63. The number of carbonyl (C=O) groups excluding carboxylic acids is 1. The number of hydrogen-bond acceptors (Lipinski definition) is 2. The van der Waals surface area contributed by atoms with Gasteiger partial charge < -0.3 is 5.32 Å². The van der Waals surface area contributed by atoms with E-state index in [9.17, 15) is 9.59 Å². The Morgan fingerprint density at radius 3 is 2.09 bits per heavy atom. The maximum atomic E-state index is 12.8. The molecule has 0 fully saturated rings. The van der Waals surface area contributed by atoms with E-state index in [1.54, 1.807) is 9.36 Å². The van der Waals surface area contributed by atoms with Crippen LogP contribution in [0, 0.1) is 13.8 Å². The summed E-state index contributed by atoms with van der Waals surface area (Å²) in [4.78, 5) is 23.6. The first kappa shape index (κ1) is 14.8. The van der Waals surface area contributed by atoms with Gasteiger partial charge in [0.1, 0.15) is 5.69 Å². The van der Waals surface area contributed by atoms with Gasteiger partial charge in [0, 0.05) is 0 Å².